The molecule has 2 aromatic rings. The van der Waals surface area contributed by atoms with Crippen LogP contribution in [0.25, 0.3) is 11.1 Å². The molecule has 0 unspecified atom stereocenters. The molecule has 2 aliphatic heterocycles. The van der Waals surface area contributed by atoms with Gasteiger partial charge in [-0.15, -0.1) is 0 Å². The van der Waals surface area contributed by atoms with Gasteiger partial charge >= 0.3 is 0 Å². The highest BCUT2D eigenvalue weighted by molar-refractivity contribution is 5.98. The molecule has 136 valence electrons. The van der Waals surface area contributed by atoms with Crippen molar-refractivity contribution in [3.05, 3.63) is 59.2 Å². The normalized spacial score (nSPS) is 20.0. The number of hydrogen-bond acceptors (Lipinski definition) is 3. The van der Waals surface area contributed by atoms with Gasteiger partial charge in [-0.25, -0.2) is 0 Å². The summed E-state index contributed by atoms with van der Waals surface area (Å²) in [6.45, 7) is 8.43. The molecule has 0 atom stereocenters. The second kappa shape index (κ2) is 6.22. The van der Waals surface area contributed by atoms with Crippen LogP contribution in [0.2, 0.25) is 0 Å². The van der Waals surface area contributed by atoms with E-state index < -0.39 is 0 Å². The van der Waals surface area contributed by atoms with Crippen LogP contribution in [0.4, 0.5) is 0 Å². The van der Waals surface area contributed by atoms with Crippen molar-refractivity contribution in [2.75, 3.05) is 27.3 Å². The Kier molecular flexibility index (Phi) is 4.13. The third-order valence-corrected chi connectivity index (χ3v) is 5.68. The van der Waals surface area contributed by atoms with Gasteiger partial charge in [0.2, 0.25) is 0 Å². The molecule has 0 N–H and O–H groups in total. The topological polar surface area (TPSA) is 26.8 Å². The van der Waals surface area contributed by atoms with E-state index in [2.05, 4.69) is 67.1 Å². The fourth-order valence-corrected chi connectivity index (χ4v) is 4.23. The smallest absolute Gasteiger partial charge is 0.254 e. The first kappa shape index (κ1) is 17.3. The van der Waals surface area contributed by atoms with Crippen LogP contribution in [-0.2, 0) is 13.1 Å². The van der Waals surface area contributed by atoms with Crippen molar-refractivity contribution in [1.82, 2.24) is 14.7 Å². The highest BCUT2D eigenvalue weighted by Crippen LogP contribution is 2.29. The van der Waals surface area contributed by atoms with Gasteiger partial charge in [0.15, 0.2) is 0 Å². The van der Waals surface area contributed by atoms with Crippen molar-refractivity contribution >= 4 is 5.91 Å². The van der Waals surface area contributed by atoms with Crippen LogP contribution in [0.15, 0.2) is 42.5 Å². The number of amides is 1. The van der Waals surface area contributed by atoms with Gasteiger partial charge in [-0.2, -0.15) is 0 Å². The highest BCUT2D eigenvalue weighted by Gasteiger charge is 2.34. The number of likely N-dealkylation sites (N-methyl/N-ethyl adjacent to an activating group) is 1. The lowest BCUT2D eigenvalue weighted by molar-refractivity contribution is 0.0816. The number of carbonyl (C=O) groups is 1. The van der Waals surface area contributed by atoms with Crippen LogP contribution in [0.5, 0.6) is 0 Å². The van der Waals surface area contributed by atoms with Crippen LogP contribution in [0.1, 0.15) is 35.3 Å². The summed E-state index contributed by atoms with van der Waals surface area (Å²) in [4.78, 5) is 18.7. The molecule has 4 nitrogen and oxygen atoms in total. The van der Waals surface area contributed by atoms with E-state index >= 15 is 0 Å². The standard InChI is InChI=1S/C22H27N3O/c1-22(2)14-23(3)15-25(22)12-16-5-7-17(8-6-16)18-9-10-20-19(11-18)13-24(4)21(20)26/h5-11H,12-15H2,1-4H3. The number of nitrogens with zero attached hydrogens (tertiary/aromatic N) is 3. The summed E-state index contributed by atoms with van der Waals surface area (Å²) >= 11 is 0. The first-order valence-corrected chi connectivity index (χ1v) is 9.25. The Bertz CT molecular complexity index is 841. The molecule has 1 fully saturated rings. The minimum absolute atomic E-state index is 0.125. The Labute approximate surface area is 156 Å². The van der Waals surface area contributed by atoms with Crippen LogP contribution < -0.4 is 0 Å². The zero-order valence-corrected chi connectivity index (χ0v) is 16.1. The first-order chi connectivity index (χ1) is 12.3. The highest BCUT2D eigenvalue weighted by atomic mass is 16.2. The van der Waals surface area contributed by atoms with Crippen molar-refractivity contribution in [2.24, 2.45) is 0 Å². The maximum absolute atomic E-state index is 12.0. The summed E-state index contributed by atoms with van der Waals surface area (Å²) in [5.41, 5.74) is 5.91. The Morgan fingerprint density at radius 3 is 2.35 bits per heavy atom. The lowest BCUT2D eigenvalue weighted by atomic mass is 9.99. The number of fused-ring (bicyclic) bond motifs is 1. The van der Waals surface area contributed by atoms with E-state index in [4.69, 9.17) is 0 Å². The molecule has 2 heterocycles. The molecule has 1 amide bonds. The summed E-state index contributed by atoms with van der Waals surface area (Å²) < 4.78 is 0. The molecule has 1 saturated heterocycles. The lowest BCUT2D eigenvalue weighted by Gasteiger charge is -2.30. The third-order valence-electron chi connectivity index (χ3n) is 5.68. The van der Waals surface area contributed by atoms with Gasteiger partial charge in [0, 0.05) is 37.8 Å². The minimum Gasteiger partial charge on any atom is -0.337 e. The predicted molar refractivity (Wildman–Crippen MR) is 105 cm³/mol. The van der Waals surface area contributed by atoms with Gasteiger partial charge in [0.25, 0.3) is 5.91 Å². The van der Waals surface area contributed by atoms with E-state index in [1.165, 1.54) is 16.7 Å². The molecule has 26 heavy (non-hydrogen) atoms. The largest absolute Gasteiger partial charge is 0.337 e. The summed E-state index contributed by atoms with van der Waals surface area (Å²) in [5, 5.41) is 0. The average Bonchev–Trinajstić information content (AvgIpc) is 3.02. The number of benzene rings is 2. The van der Waals surface area contributed by atoms with Crippen LogP contribution in [0.3, 0.4) is 0 Å². The van der Waals surface area contributed by atoms with E-state index in [-0.39, 0.29) is 11.4 Å². The third kappa shape index (κ3) is 3.04. The summed E-state index contributed by atoms with van der Waals surface area (Å²) in [6.07, 6.45) is 0. The summed E-state index contributed by atoms with van der Waals surface area (Å²) in [6, 6.07) is 15.0. The molecule has 2 aromatic carbocycles. The van der Waals surface area contributed by atoms with E-state index in [9.17, 15) is 4.79 Å². The maximum Gasteiger partial charge on any atom is 0.254 e. The van der Waals surface area contributed by atoms with Gasteiger partial charge in [-0.05, 0) is 55.3 Å². The summed E-state index contributed by atoms with van der Waals surface area (Å²) in [7, 11) is 4.04. The van der Waals surface area contributed by atoms with Crippen molar-refractivity contribution in [1.29, 1.82) is 0 Å². The van der Waals surface area contributed by atoms with E-state index in [1.807, 2.05) is 13.1 Å². The molecular weight excluding hydrogens is 322 g/mol. The Hall–Kier alpha value is -2.17. The molecule has 4 rings (SSSR count). The quantitative estimate of drug-likeness (QED) is 0.849. The molecule has 0 radical (unpaired) electrons. The lowest BCUT2D eigenvalue weighted by Crippen LogP contribution is -2.39. The van der Waals surface area contributed by atoms with Crippen LogP contribution in [0, 0.1) is 0 Å². The van der Waals surface area contributed by atoms with E-state index in [1.54, 1.807) is 4.90 Å². The minimum atomic E-state index is 0.125. The van der Waals surface area contributed by atoms with Crippen molar-refractivity contribution in [3.8, 4) is 11.1 Å². The monoisotopic (exact) mass is 349 g/mol. The number of carbonyl (C=O) groups excluding carboxylic acids is 1. The predicted octanol–water partition coefficient (Wildman–Crippen LogP) is 3.42. The second-order valence-corrected chi connectivity index (χ2v) is 8.40. The van der Waals surface area contributed by atoms with Crippen molar-refractivity contribution in [2.45, 2.75) is 32.5 Å². The molecule has 2 aliphatic rings. The molecule has 4 heteroatoms. The van der Waals surface area contributed by atoms with Crippen LogP contribution >= 0.6 is 0 Å². The van der Waals surface area contributed by atoms with E-state index in [0.717, 1.165) is 30.9 Å². The zero-order chi connectivity index (χ0) is 18.5. The summed E-state index contributed by atoms with van der Waals surface area (Å²) in [5.74, 6) is 0.125. The van der Waals surface area contributed by atoms with Crippen molar-refractivity contribution < 1.29 is 4.79 Å². The number of rotatable bonds is 3. The maximum atomic E-state index is 12.0. The number of hydrogen-bond donors (Lipinski definition) is 0. The molecule has 0 spiro atoms. The average molecular weight is 349 g/mol. The van der Waals surface area contributed by atoms with Gasteiger partial charge < -0.3 is 4.90 Å². The van der Waals surface area contributed by atoms with Gasteiger partial charge in [-0.1, -0.05) is 30.3 Å². The fraction of sp³-hybridized carbons (Fsp3) is 0.409. The Balaban J connectivity index is 1.52. The van der Waals surface area contributed by atoms with Gasteiger partial charge in [0.1, 0.15) is 0 Å². The molecule has 0 aliphatic carbocycles. The molecule has 0 aromatic heterocycles. The van der Waals surface area contributed by atoms with Crippen LogP contribution in [-0.4, -0.2) is 53.5 Å². The Morgan fingerprint density at radius 2 is 1.69 bits per heavy atom. The Morgan fingerprint density at radius 1 is 1.00 bits per heavy atom. The zero-order valence-electron chi connectivity index (χ0n) is 16.1. The van der Waals surface area contributed by atoms with Gasteiger partial charge in [0.05, 0.1) is 6.67 Å². The van der Waals surface area contributed by atoms with Gasteiger partial charge in [-0.3, -0.25) is 14.6 Å². The second-order valence-electron chi connectivity index (χ2n) is 8.40. The first-order valence-electron chi connectivity index (χ1n) is 9.25. The van der Waals surface area contributed by atoms with Crippen molar-refractivity contribution in [3.63, 3.8) is 0 Å². The molecular formula is C22H27N3O. The SMILES string of the molecule is CN1CN(Cc2ccc(-c3ccc4c(c3)CN(C)C4=O)cc2)C(C)(C)C1. The fourth-order valence-electron chi connectivity index (χ4n) is 4.23. The molecule has 0 bridgehead atoms. The molecule has 0 saturated carbocycles. The van der Waals surface area contributed by atoms with E-state index in [0.29, 0.717) is 6.54 Å².